The van der Waals surface area contributed by atoms with Gasteiger partial charge in [-0.2, -0.15) is 0 Å². The van der Waals surface area contributed by atoms with E-state index in [1.165, 1.54) is 25.7 Å². The quantitative estimate of drug-likeness (QED) is 0.810. The van der Waals surface area contributed by atoms with Gasteiger partial charge in [0.2, 0.25) is 0 Å². The fraction of sp³-hybridized carbons (Fsp3) is 0.682. The third kappa shape index (κ3) is 3.67. The van der Waals surface area contributed by atoms with E-state index in [0.717, 1.165) is 56.2 Å². The van der Waals surface area contributed by atoms with Gasteiger partial charge >= 0.3 is 0 Å². The van der Waals surface area contributed by atoms with Crippen LogP contribution in [-0.4, -0.2) is 60.6 Å². The average Bonchev–Trinajstić information content (AvgIpc) is 3.43. The van der Waals surface area contributed by atoms with Crippen molar-refractivity contribution in [1.29, 1.82) is 0 Å². The summed E-state index contributed by atoms with van der Waals surface area (Å²) >= 11 is 0. The molecular weight excluding hydrogens is 324 g/mol. The van der Waals surface area contributed by atoms with Crippen molar-refractivity contribution >= 4 is 5.91 Å². The zero-order valence-corrected chi connectivity index (χ0v) is 16.2. The standard InChI is InChI=1S/C22H32N2O2/c1-17-4-3-5-19(14-17)21(25)24-12-10-22(11-13-24)9-8-20(23(22)2)16-26-15-18-6-7-18/h3-5,14,18,20H,6-13,15-16H2,1-2H3/t20-/m0/s1. The lowest BCUT2D eigenvalue weighted by Crippen LogP contribution is -2.54. The van der Waals surface area contributed by atoms with Crippen LogP contribution in [0.4, 0.5) is 0 Å². The molecule has 1 saturated carbocycles. The maximum atomic E-state index is 12.8. The number of likely N-dealkylation sites (N-methyl/N-ethyl adjacent to an activating group) is 1. The summed E-state index contributed by atoms with van der Waals surface area (Å²) in [6.45, 7) is 5.61. The lowest BCUT2D eigenvalue weighted by Gasteiger charge is -2.45. The van der Waals surface area contributed by atoms with Gasteiger partial charge in [-0.25, -0.2) is 0 Å². The van der Waals surface area contributed by atoms with Crippen LogP contribution in [0.25, 0.3) is 0 Å². The number of aryl methyl sites for hydroxylation is 1. The molecule has 2 saturated heterocycles. The second-order valence-corrected chi connectivity index (χ2v) is 8.67. The Morgan fingerprint density at radius 2 is 1.92 bits per heavy atom. The summed E-state index contributed by atoms with van der Waals surface area (Å²) < 4.78 is 5.97. The van der Waals surface area contributed by atoms with Crippen molar-refractivity contribution in [3.63, 3.8) is 0 Å². The Kier molecular flexibility index (Phi) is 5.07. The summed E-state index contributed by atoms with van der Waals surface area (Å²) in [5.74, 6) is 1.03. The van der Waals surface area contributed by atoms with Crippen molar-refractivity contribution in [2.45, 2.75) is 57.0 Å². The van der Waals surface area contributed by atoms with Crippen molar-refractivity contribution in [2.24, 2.45) is 5.92 Å². The summed E-state index contributed by atoms with van der Waals surface area (Å²) in [5.41, 5.74) is 2.25. The molecular formula is C22H32N2O2. The van der Waals surface area contributed by atoms with Gasteiger partial charge in [0.15, 0.2) is 0 Å². The third-order valence-electron chi connectivity index (χ3n) is 6.85. The molecule has 0 unspecified atom stereocenters. The van der Waals surface area contributed by atoms with Gasteiger partial charge in [-0.15, -0.1) is 0 Å². The zero-order chi connectivity index (χ0) is 18.1. The number of hydrogen-bond donors (Lipinski definition) is 0. The van der Waals surface area contributed by atoms with E-state index in [9.17, 15) is 4.79 Å². The Balaban J connectivity index is 1.31. The molecule has 3 aliphatic rings. The van der Waals surface area contributed by atoms with E-state index in [1.54, 1.807) is 0 Å². The van der Waals surface area contributed by atoms with Crippen molar-refractivity contribution in [2.75, 3.05) is 33.4 Å². The zero-order valence-electron chi connectivity index (χ0n) is 16.2. The fourth-order valence-electron chi connectivity index (χ4n) is 4.73. The molecule has 0 bridgehead atoms. The Labute approximate surface area is 157 Å². The molecule has 4 rings (SSSR count). The van der Waals surface area contributed by atoms with Gasteiger partial charge in [0.25, 0.3) is 5.91 Å². The number of rotatable bonds is 5. The van der Waals surface area contributed by atoms with Gasteiger partial charge in [-0.1, -0.05) is 17.7 Å². The van der Waals surface area contributed by atoms with Crippen LogP contribution in [0.1, 0.15) is 54.4 Å². The van der Waals surface area contributed by atoms with Gasteiger partial charge < -0.3 is 9.64 Å². The highest BCUT2D eigenvalue weighted by molar-refractivity contribution is 5.94. The van der Waals surface area contributed by atoms with Crippen molar-refractivity contribution < 1.29 is 9.53 Å². The van der Waals surface area contributed by atoms with Crippen molar-refractivity contribution in [3.05, 3.63) is 35.4 Å². The number of nitrogens with zero attached hydrogens (tertiary/aromatic N) is 2. The lowest BCUT2D eigenvalue weighted by molar-refractivity contribution is 0.0172. The van der Waals surface area contributed by atoms with Crippen LogP contribution in [0.15, 0.2) is 24.3 Å². The molecule has 1 aliphatic carbocycles. The molecule has 1 aromatic rings. The third-order valence-corrected chi connectivity index (χ3v) is 6.85. The van der Waals surface area contributed by atoms with Gasteiger partial charge in [-0.3, -0.25) is 9.69 Å². The van der Waals surface area contributed by atoms with E-state index in [4.69, 9.17) is 4.74 Å². The molecule has 0 N–H and O–H groups in total. The molecule has 2 aliphatic heterocycles. The van der Waals surface area contributed by atoms with Crippen LogP contribution in [0.3, 0.4) is 0 Å². The first-order chi connectivity index (χ1) is 12.6. The average molecular weight is 357 g/mol. The molecule has 1 spiro atoms. The smallest absolute Gasteiger partial charge is 0.253 e. The minimum Gasteiger partial charge on any atom is -0.380 e. The molecule has 26 heavy (non-hydrogen) atoms. The van der Waals surface area contributed by atoms with Crippen LogP contribution in [0.5, 0.6) is 0 Å². The number of carbonyl (C=O) groups excluding carboxylic acids is 1. The molecule has 1 atom stereocenters. The maximum Gasteiger partial charge on any atom is 0.253 e. The van der Waals surface area contributed by atoms with E-state index in [-0.39, 0.29) is 11.4 Å². The SMILES string of the molecule is Cc1cccc(C(=O)N2CCC3(CC[C@@H](COCC4CC4)N3C)CC2)c1. The minimum atomic E-state index is 0.188. The molecule has 2 heterocycles. The molecule has 1 aromatic carbocycles. The second kappa shape index (κ2) is 7.32. The monoisotopic (exact) mass is 356 g/mol. The van der Waals surface area contributed by atoms with E-state index in [0.29, 0.717) is 6.04 Å². The predicted molar refractivity (Wildman–Crippen MR) is 103 cm³/mol. The fourth-order valence-corrected chi connectivity index (χ4v) is 4.73. The van der Waals surface area contributed by atoms with E-state index in [2.05, 4.69) is 11.9 Å². The first-order valence-electron chi connectivity index (χ1n) is 10.2. The van der Waals surface area contributed by atoms with Gasteiger partial charge in [0, 0.05) is 36.8 Å². The second-order valence-electron chi connectivity index (χ2n) is 8.67. The number of hydrogen-bond acceptors (Lipinski definition) is 3. The van der Waals surface area contributed by atoms with Crippen LogP contribution < -0.4 is 0 Å². The number of carbonyl (C=O) groups is 1. The first kappa shape index (κ1) is 18.0. The summed E-state index contributed by atoms with van der Waals surface area (Å²) in [6, 6.07) is 8.51. The van der Waals surface area contributed by atoms with Crippen molar-refractivity contribution in [3.8, 4) is 0 Å². The van der Waals surface area contributed by atoms with E-state index < -0.39 is 0 Å². The topological polar surface area (TPSA) is 32.8 Å². The predicted octanol–water partition coefficient (Wildman–Crippen LogP) is 3.49. The normalized spacial score (nSPS) is 25.8. The van der Waals surface area contributed by atoms with E-state index >= 15 is 0 Å². The highest BCUT2D eigenvalue weighted by Gasteiger charge is 2.46. The van der Waals surface area contributed by atoms with Crippen LogP contribution in [0, 0.1) is 12.8 Å². The summed E-state index contributed by atoms with van der Waals surface area (Å²) in [5, 5.41) is 0. The van der Waals surface area contributed by atoms with E-state index in [1.807, 2.05) is 36.1 Å². The molecule has 4 heteroatoms. The van der Waals surface area contributed by atoms with Crippen LogP contribution >= 0.6 is 0 Å². The summed E-state index contributed by atoms with van der Waals surface area (Å²) in [7, 11) is 2.27. The molecule has 0 radical (unpaired) electrons. The summed E-state index contributed by atoms with van der Waals surface area (Å²) in [6.07, 6.45) is 7.35. The number of benzene rings is 1. The molecule has 142 valence electrons. The number of amides is 1. The van der Waals surface area contributed by atoms with Gasteiger partial charge in [0.05, 0.1) is 6.61 Å². The number of likely N-dealkylation sites (tertiary alicyclic amines) is 2. The summed E-state index contributed by atoms with van der Waals surface area (Å²) in [4.78, 5) is 17.4. The molecule has 4 nitrogen and oxygen atoms in total. The minimum absolute atomic E-state index is 0.188. The first-order valence-corrected chi connectivity index (χ1v) is 10.2. The number of ether oxygens (including phenoxy) is 1. The van der Waals surface area contributed by atoms with Crippen LogP contribution in [0.2, 0.25) is 0 Å². The highest BCUT2D eigenvalue weighted by Crippen LogP contribution is 2.41. The highest BCUT2D eigenvalue weighted by atomic mass is 16.5. The van der Waals surface area contributed by atoms with Gasteiger partial charge in [0.1, 0.15) is 0 Å². The Bertz CT molecular complexity index is 647. The molecule has 1 amide bonds. The van der Waals surface area contributed by atoms with Crippen molar-refractivity contribution in [1.82, 2.24) is 9.80 Å². The van der Waals surface area contributed by atoms with Crippen LogP contribution in [-0.2, 0) is 4.74 Å². The Morgan fingerprint density at radius 1 is 1.15 bits per heavy atom. The maximum absolute atomic E-state index is 12.8. The van der Waals surface area contributed by atoms with Gasteiger partial charge in [-0.05, 0) is 70.5 Å². The molecule has 3 fully saturated rings. The number of piperidine rings is 1. The Morgan fingerprint density at radius 3 is 2.62 bits per heavy atom. The molecule has 0 aromatic heterocycles. The Hall–Kier alpha value is -1.39. The largest absolute Gasteiger partial charge is 0.380 e. The lowest BCUT2D eigenvalue weighted by atomic mass is 9.85.